The number of hydrogen-bond acceptors (Lipinski definition) is 7. The zero-order valence-corrected chi connectivity index (χ0v) is 22.4. The molecule has 0 amide bonds. The molecule has 0 saturated carbocycles. The number of furan rings is 1. The molecule has 6 rings (SSSR count). The highest BCUT2D eigenvalue weighted by molar-refractivity contribution is 5.99. The van der Waals surface area contributed by atoms with Gasteiger partial charge in [0.25, 0.3) is 0 Å². The van der Waals surface area contributed by atoms with E-state index in [2.05, 4.69) is 4.74 Å². The third-order valence-electron chi connectivity index (χ3n) is 6.65. The van der Waals surface area contributed by atoms with Crippen LogP contribution in [0.3, 0.4) is 0 Å². The van der Waals surface area contributed by atoms with Gasteiger partial charge >= 0.3 is 11.6 Å². The van der Waals surface area contributed by atoms with E-state index in [1.165, 1.54) is 25.3 Å². The molecule has 0 N–H and O–H groups in total. The maximum absolute atomic E-state index is 14.1. The number of rotatable bonds is 7. The van der Waals surface area contributed by atoms with Crippen LogP contribution in [0.1, 0.15) is 0 Å². The van der Waals surface area contributed by atoms with Gasteiger partial charge < -0.3 is 23.0 Å². The lowest BCUT2D eigenvalue weighted by atomic mass is 10.00. The second-order valence-electron chi connectivity index (χ2n) is 9.34. The zero-order valence-electron chi connectivity index (χ0n) is 22.4. The molecule has 0 fully saturated rings. The maximum Gasteiger partial charge on any atom is 0.349 e. The molecule has 0 bridgehead atoms. The third-order valence-corrected chi connectivity index (χ3v) is 6.65. The second kappa shape index (κ2) is 11.2. The Morgan fingerprint density at radius 2 is 1.45 bits per heavy atom. The SMILES string of the molecule is COc1cccc2cc(-c3cc(=O)oc4cc(-c5ccccc5)c(OC(=O)COc5c(F)c(F)c(F)c(F)c5F)cc34)oc12. The maximum atomic E-state index is 14.1. The molecule has 0 aliphatic carbocycles. The predicted molar refractivity (Wildman–Crippen MR) is 147 cm³/mol. The molecule has 2 heterocycles. The van der Waals surface area contributed by atoms with Gasteiger partial charge in [0.2, 0.25) is 29.1 Å². The van der Waals surface area contributed by atoms with E-state index >= 15 is 0 Å². The number of esters is 1. The van der Waals surface area contributed by atoms with Crippen molar-refractivity contribution in [2.75, 3.05) is 13.7 Å². The Hall–Kier alpha value is -5.65. The van der Waals surface area contributed by atoms with Crippen molar-refractivity contribution >= 4 is 27.9 Å². The van der Waals surface area contributed by atoms with E-state index in [0.717, 1.165) is 0 Å². The molecule has 0 radical (unpaired) electrons. The van der Waals surface area contributed by atoms with E-state index in [-0.39, 0.29) is 33.6 Å². The van der Waals surface area contributed by atoms with Gasteiger partial charge in [-0.25, -0.2) is 22.8 Å². The third kappa shape index (κ3) is 5.00. The van der Waals surface area contributed by atoms with Crippen LogP contribution in [0.5, 0.6) is 17.2 Å². The smallest absolute Gasteiger partial charge is 0.349 e. The summed E-state index contributed by atoms with van der Waals surface area (Å²) in [6.45, 7) is -1.22. The standard InChI is InChI=1S/C32H17F5O7/c1-40-20-9-5-8-16-10-21(44-31(16)20)19-13-24(38)42-23-11-17(15-6-3-2-4-7-15)22(12-18(19)23)43-25(39)14-41-32-29(36)27(34)26(33)28(35)30(32)37/h2-13H,14H2,1H3. The number of carbonyl (C=O) groups excluding carboxylic acids is 1. The highest BCUT2D eigenvalue weighted by atomic mass is 19.2. The summed E-state index contributed by atoms with van der Waals surface area (Å²) in [5, 5.41) is 0.962. The lowest BCUT2D eigenvalue weighted by Gasteiger charge is -2.14. The van der Waals surface area contributed by atoms with Gasteiger partial charge in [-0.2, -0.15) is 8.78 Å². The number of fused-ring (bicyclic) bond motifs is 2. The predicted octanol–water partition coefficient (Wildman–Crippen LogP) is 7.56. The number of halogens is 5. The van der Waals surface area contributed by atoms with Gasteiger partial charge in [0, 0.05) is 28.0 Å². The first-order chi connectivity index (χ1) is 21.2. The van der Waals surface area contributed by atoms with Gasteiger partial charge in [-0.3, -0.25) is 0 Å². The van der Waals surface area contributed by atoms with Crippen LogP contribution in [0.25, 0.3) is 44.4 Å². The van der Waals surface area contributed by atoms with Gasteiger partial charge in [0.05, 0.1) is 7.11 Å². The Labute approximate surface area is 243 Å². The van der Waals surface area contributed by atoms with Crippen molar-refractivity contribution in [1.29, 1.82) is 0 Å². The first-order valence-electron chi connectivity index (χ1n) is 12.8. The van der Waals surface area contributed by atoms with Gasteiger partial charge in [-0.15, -0.1) is 0 Å². The molecule has 2 aromatic heterocycles. The topological polar surface area (TPSA) is 88.1 Å². The monoisotopic (exact) mass is 608 g/mol. The van der Waals surface area contributed by atoms with Crippen molar-refractivity contribution < 1.29 is 49.8 Å². The molecule has 0 spiro atoms. The summed E-state index contributed by atoms with van der Waals surface area (Å²) in [7, 11) is 1.48. The van der Waals surface area contributed by atoms with Crippen LogP contribution in [0.15, 0.2) is 86.4 Å². The largest absolute Gasteiger partial charge is 0.493 e. The van der Waals surface area contributed by atoms with Crippen LogP contribution >= 0.6 is 0 Å². The lowest BCUT2D eigenvalue weighted by molar-refractivity contribution is -0.136. The number of para-hydroxylation sites is 1. The molecule has 6 aromatic rings. The zero-order chi connectivity index (χ0) is 31.1. The van der Waals surface area contributed by atoms with Crippen molar-refractivity contribution in [1.82, 2.24) is 0 Å². The summed E-state index contributed by atoms with van der Waals surface area (Å²) in [6, 6.07) is 19.4. The second-order valence-corrected chi connectivity index (χ2v) is 9.34. The molecule has 0 aliphatic heterocycles. The minimum Gasteiger partial charge on any atom is -0.493 e. The molecule has 7 nitrogen and oxygen atoms in total. The lowest BCUT2D eigenvalue weighted by Crippen LogP contribution is -2.20. The van der Waals surface area contributed by atoms with Gasteiger partial charge in [-0.05, 0) is 29.8 Å². The fourth-order valence-electron chi connectivity index (χ4n) is 4.64. The Balaban J connectivity index is 1.43. The molecular weight excluding hydrogens is 591 g/mol. The molecule has 0 atom stereocenters. The van der Waals surface area contributed by atoms with Gasteiger partial charge in [0.15, 0.2) is 23.7 Å². The average molecular weight is 608 g/mol. The summed E-state index contributed by atoms with van der Waals surface area (Å²) < 4.78 is 95.6. The molecule has 12 heteroatoms. The fourth-order valence-corrected chi connectivity index (χ4v) is 4.64. The number of hydrogen-bond donors (Lipinski definition) is 0. The number of ether oxygens (including phenoxy) is 3. The van der Waals surface area contributed by atoms with E-state index in [9.17, 15) is 31.5 Å². The molecular formula is C32H17F5O7. The minimum absolute atomic E-state index is 0.0986. The molecule has 0 aliphatic rings. The van der Waals surface area contributed by atoms with Crippen molar-refractivity contribution in [2.45, 2.75) is 0 Å². The fraction of sp³-hybridized carbons (Fsp3) is 0.0625. The summed E-state index contributed by atoms with van der Waals surface area (Å²) >= 11 is 0. The highest BCUT2D eigenvalue weighted by Crippen LogP contribution is 2.40. The van der Waals surface area contributed by atoms with Crippen molar-refractivity contribution in [3.8, 4) is 39.7 Å². The van der Waals surface area contributed by atoms with Crippen LogP contribution in [0, 0.1) is 29.1 Å². The van der Waals surface area contributed by atoms with Crippen molar-refractivity contribution in [3.63, 3.8) is 0 Å². The number of benzene rings is 4. The molecule has 222 valence electrons. The Morgan fingerprint density at radius 1 is 0.750 bits per heavy atom. The first kappa shape index (κ1) is 28.5. The van der Waals surface area contributed by atoms with E-state index < -0.39 is 53.0 Å². The van der Waals surface area contributed by atoms with E-state index in [1.54, 1.807) is 54.6 Å². The Morgan fingerprint density at radius 3 is 2.16 bits per heavy atom. The van der Waals surface area contributed by atoms with Crippen molar-refractivity contribution in [3.05, 3.63) is 112 Å². The van der Waals surface area contributed by atoms with Gasteiger partial charge in [-0.1, -0.05) is 42.5 Å². The Kier molecular flexibility index (Phi) is 7.25. The summed E-state index contributed by atoms with van der Waals surface area (Å²) in [4.78, 5) is 25.4. The minimum atomic E-state index is -2.37. The van der Waals surface area contributed by atoms with Crippen LogP contribution in [0.2, 0.25) is 0 Å². The van der Waals surface area contributed by atoms with E-state index in [4.69, 9.17) is 18.3 Å². The number of methoxy groups -OCH3 is 1. The normalized spacial score (nSPS) is 11.2. The number of carbonyl (C=O) groups is 1. The quantitative estimate of drug-likeness (QED) is 0.0462. The van der Waals surface area contributed by atoms with Crippen LogP contribution in [0.4, 0.5) is 22.0 Å². The summed E-state index contributed by atoms with van der Waals surface area (Å²) in [5.74, 6) is -13.6. The van der Waals surface area contributed by atoms with Crippen LogP contribution in [-0.2, 0) is 4.79 Å². The highest BCUT2D eigenvalue weighted by Gasteiger charge is 2.28. The Bertz CT molecular complexity index is 2110. The van der Waals surface area contributed by atoms with Crippen LogP contribution in [-0.4, -0.2) is 19.7 Å². The van der Waals surface area contributed by atoms with Crippen LogP contribution < -0.4 is 19.8 Å². The molecule has 0 unspecified atom stereocenters. The van der Waals surface area contributed by atoms with Gasteiger partial charge in [0.1, 0.15) is 17.1 Å². The summed E-state index contributed by atoms with van der Waals surface area (Å²) in [5.41, 5.74) is 0.915. The molecule has 0 saturated heterocycles. The van der Waals surface area contributed by atoms with Crippen molar-refractivity contribution in [2.24, 2.45) is 0 Å². The van der Waals surface area contributed by atoms with E-state index in [1.807, 2.05) is 0 Å². The molecule has 4 aromatic carbocycles. The summed E-state index contributed by atoms with van der Waals surface area (Å²) in [6.07, 6.45) is 0. The average Bonchev–Trinajstić information content (AvgIpc) is 3.47. The first-order valence-corrected chi connectivity index (χ1v) is 12.8. The van der Waals surface area contributed by atoms with E-state index in [0.29, 0.717) is 22.3 Å². The molecule has 44 heavy (non-hydrogen) atoms.